The van der Waals surface area contributed by atoms with E-state index in [0.717, 1.165) is 0 Å². The molecule has 0 aliphatic carbocycles. The maximum atomic E-state index is 12.6. The number of nitrogens with one attached hydrogen (secondary N) is 3. The van der Waals surface area contributed by atoms with E-state index in [1.165, 1.54) is 0 Å². The predicted octanol–water partition coefficient (Wildman–Crippen LogP) is 3.21. The van der Waals surface area contributed by atoms with Gasteiger partial charge in [0.2, 0.25) is 0 Å². The first-order chi connectivity index (χ1) is 11.7. The molecule has 0 bridgehead atoms. The molecule has 0 spiro atoms. The summed E-state index contributed by atoms with van der Waals surface area (Å²) in [6.45, 7) is 7.59. The lowest BCUT2D eigenvalue weighted by Gasteiger charge is -2.21. The average molecular weight is 340 g/mol. The van der Waals surface area contributed by atoms with Gasteiger partial charge in [0, 0.05) is 30.0 Å². The van der Waals surface area contributed by atoms with Crippen molar-refractivity contribution in [2.45, 2.75) is 33.2 Å². The molecule has 0 aliphatic rings. The van der Waals surface area contributed by atoms with Crippen molar-refractivity contribution in [3.05, 3.63) is 53.2 Å². The minimum Gasteiger partial charge on any atom is -0.372 e. The number of hydrogen-bond acceptors (Lipinski definition) is 4. The summed E-state index contributed by atoms with van der Waals surface area (Å²) in [5.41, 5.74) is 1.95. The van der Waals surface area contributed by atoms with Gasteiger partial charge in [-0.1, -0.05) is 6.07 Å². The zero-order chi connectivity index (χ0) is 18.6. The summed E-state index contributed by atoms with van der Waals surface area (Å²) in [5.74, 6) is 0.0478. The summed E-state index contributed by atoms with van der Waals surface area (Å²) in [4.78, 5) is 29.1. The van der Waals surface area contributed by atoms with Crippen molar-refractivity contribution in [3.8, 4) is 0 Å². The smallest absolute Gasteiger partial charge is 0.259 e. The van der Waals surface area contributed by atoms with E-state index in [-0.39, 0.29) is 17.4 Å². The molecule has 2 aromatic rings. The Hall–Kier alpha value is -2.89. The first-order valence-corrected chi connectivity index (χ1v) is 8.09. The SMILES string of the molecule is CNc1ncccc1C(=O)Nc1cccc(C(=O)NC(C)(C)C)c1C. The zero-order valence-corrected chi connectivity index (χ0v) is 15.2. The number of anilines is 2. The highest BCUT2D eigenvalue weighted by Crippen LogP contribution is 2.21. The topological polar surface area (TPSA) is 83.1 Å². The molecule has 0 unspecified atom stereocenters. The van der Waals surface area contributed by atoms with Crippen molar-refractivity contribution < 1.29 is 9.59 Å². The Kier molecular flexibility index (Phi) is 5.41. The second-order valence-electron chi connectivity index (χ2n) is 6.79. The van der Waals surface area contributed by atoms with Crippen LogP contribution in [0.5, 0.6) is 0 Å². The summed E-state index contributed by atoms with van der Waals surface area (Å²) in [7, 11) is 1.71. The van der Waals surface area contributed by atoms with Gasteiger partial charge in [-0.05, 0) is 57.5 Å². The van der Waals surface area contributed by atoms with Crippen LogP contribution in [0.2, 0.25) is 0 Å². The summed E-state index contributed by atoms with van der Waals surface area (Å²) < 4.78 is 0. The van der Waals surface area contributed by atoms with Crippen molar-refractivity contribution in [2.24, 2.45) is 0 Å². The fourth-order valence-electron chi connectivity index (χ4n) is 2.40. The van der Waals surface area contributed by atoms with Gasteiger partial charge in [-0.3, -0.25) is 9.59 Å². The molecule has 0 radical (unpaired) electrons. The highest BCUT2D eigenvalue weighted by Gasteiger charge is 2.19. The van der Waals surface area contributed by atoms with Gasteiger partial charge < -0.3 is 16.0 Å². The van der Waals surface area contributed by atoms with E-state index in [2.05, 4.69) is 20.9 Å². The summed E-state index contributed by atoms with van der Waals surface area (Å²) in [6.07, 6.45) is 1.62. The molecule has 3 N–H and O–H groups in total. The van der Waals surface area contributed by atoms with Crippen molar-refractivity contribution in [1.29, 1.82) is 0 Å². The fraction of sp³-hybridized carbons (Fsp3) is 0.316. The lowest BCUT2D eigenvalue weighted by Crippen LogP contribution is -2.40. The monoisotopic (exact) mass is 340 g/mol. The van der Waals surface area contributed by atoms with Crippen LogP contribution in [0.4, 0.5) is 11.5 Å². The van der Waals surface area contributed by atoms with Crippen molar-refractivity contribution >= 4 is 23.3 Å². The first-order valence-electron chi connectivity index (χ1n) is 8.09. The second kappa shape index (κ2) is 7.34. The van der Waals surface area contributed by atoms with E-state index in [0.29, 0.717) is 28.2 Å². The van der Waals surface area contributed by atoms with Gasteiger partial charge >= 0.3 is 0 Å². The fourth-order valence-corrected chi connectivity index (χ4v) is 2.40. The van der Waals surface area contributed by atoms with E-state index in [1.807, 2.05) is 27.7 Å². The van der Waals surface area contributed by atoms with E-state index >= 15 is 0 Å². The Morgan fingerprint density at radius 3 is 2.32 bits per heavy atom. The lowest BCUT2D eigenvalue weighted by molar-refractivity contribution is 0.0918. The van der Waals surface area contributed by atoms with Crippen molar-refractivity contribution in [1.82, 2.24) is 10.3 Å². The number of pyridine rings is 1. The quantitative estimate of drug-likeness (QED) is 0.798. The third-order valence-corrected chi connectivity index (χ3v) is 3.60. The van der Waals surface area contributed by atoms with Crippen LogP contribution in [0, 0.1) is 6.92 Å². The van der Waals surface area contributed by atoms with Gasteiger partial charge in [0.15, 0.2) is 0 Å². The first kappa shape index (κ1) is 18.4. The molecule has 1 heterocycles. The molecular weight excluding hydrogens is 316 g/mol. The third-order valence-electron chi connectivity index (χ3n) is 3.60. The Bertz CT molecular complexity index is 794. The van der Waals surface area contributed by atoms with Crippen molar-refractivity contribution in [2.75, 3.05) is 17.7 Å². The van der Waals surface area contributed by atoms with E-state index < -0.39 is 0 Å². The van der Waals surface area contributed by atoms with Gasteiger partial charge in [-0.2, -0.15) is 0 Å². The molecule has 25 heavy (non-hydrogen) atoms. The molecule has 6 heteroatoms. The van der Waals surface area contributed by atoms with Gasteiger partial charge in [-0.15, -0.1) is 0 Å². The third kappa shape index (κ3) is 4.56. The van der Waals surface area contributed by atoms with Gasteiger partial charge in [-0.25, -0.2) is 4.98 Å². The number of amides is 2. The maximum Gasteiger partial charge on any atom is 0.259 e. The molecule has 2 rings (SSSR count). The van der Waals surface area contributed by atoms with Crippen LogP contribution in [0.25, 0.3) is 0 Å². The molecule has 0 fully saturated rings. The summed E-state index contributed by atoms with van der Waals surface area (Å²) in [5, 5.41) is 8.69. The van der Waals surface area contributed by atoms with E-state index in [1.54, 1.807) is 43.6 Å². The molecule has 0 aliphatic heterocycles. The highest BCUT2D eigenvalue weighted by molar-refractivity contribution is 6.08. The second-order valence-corrected chi connectivity index (χ2v) is 6.79. The molecule has 1 aromatic heterocycles. The van der Waals surface area contributed by atoms with Crippen LogP contribution in [-0.2, 0) is 0 Å². The predicted molar refractivity (Wildman–Crippen MR) is 100 cm³/mol. The number of carbonyl (C=O) groups excluding carboxylic acids is 2. The molecule has 1 aromatic carbocycles. The number of rotatable bonds is 4. The normalized spacial score (nSPS) is 10.9. The van der Waals surface area contributed by atoms with Gasteiger partial charge in [0.05, 0.1) is 5.56 Å². The standard InChI is InChI=1S/C19H24N4O2/c1-12-13(18(25)23-19(2,3)4)8-6-10-15(12)22-17(24)14-9-7-11-21-16(14)20-5/h6-11H,1-5H3,(H,20,21)(H,22,24)(H,23,25). The maximum absolute atomic E-state index is 12.6. The van der Waals surface area contributed by atoms with Crippen LogP contribution in [0.3, 0.4) is 0 Å². The molecule has 0 saturated carbocycles. The van der Waals surface area contributed by atoms with Crippen LogP contribution >= 0.6 is 0 Å². The zero-order valence-electron chi connectivity index (χ0n) is 15.2. The largest absolute Gasteiger partial charge is 0.372 e. The minimum absolute atomic E-state index is 0.168. The summed E-state index contributed by atoms with van der Waals surface area (Å²) >= 11 is 0. The Morgan fingerprint density at radius 1 is 1.00 bits per heavy atom. The summed E-state index contributed by atoms with van der Waals surface area (Å²) in [6, 6.07) is 8.67. The Labute approximate surface area is 148 Å². The number of hydrogen-bond donors (Lipinski definition) is 3. The number of nitrogens with zero attached hydrogens (tertiary/aromatic N) is 1. The van der Waals surface area contributed by atoms with Crippen LogP contribution in [-0.4, -0.2) is 29.4 Å². The Balaban J connectivity index is 2.28. The van der Waals surface area contributed by atoms with Crippen molar-refractivity contribution in [3.63, 3.8) is 0 Å². The van der Waals surface area contributed by atoms with Crippen LogP contribution in [0.15, 0.2) is 36.5 Å². The van der Waals surface area contributed by atoms with E-state index in [9.17, 15) is 9.59 Å². The number of aromatic nitrogens is 1. The van der Waals surface area contributed by atoms with E-state index in [4.69, 9.17) is 0 Å². The van der Waals surface area contributed by atoms with Gasteiger partial charge in [0.1, 0.15) is 5.82 Å². The minimum atomic E-state index is -0.333. The van der Waals surface area contributed by atoms with Crippen LogP contribution < -0.4 is 16.0 Å². The lowest BCUT2D eigenvalue weighted by atomic mass is 10.0. The van der Waals surface area contributed by atoms with Crippen LogP contribution in [0.1, 0.15) is 47.1 Å². The highest BCUT2D eigenvalue weighted by atomic mass is 16.2. The molecule has 132 valence electrons. The molecular formula is C19H24N4O2. The molecule has 0 atom stereocenters. The van der Waals surface area contributed by atoms with Gasteiger partial charge in [0.25, 0.3) is 11.8 Å². The molecule has 6 nitrogen and oxygen atoms in total. The average Bonchev–Trinajstić information content (AvgIpc) is 2.55. The number of benzene rings is 1. The molecule has 0 saturated heterocycles. The Morgan fingerprint density at radius 2 is 1.68 bits per heavy atom. The molecule has 2 amide bonds. The number of carbonyl (C=O) groups is 2.